The van der Waals surface area contributed by atoms with Crippen molar-refractivity contribution in [3.05, 3.63) is 58.0 Å². The van der Waals surface area contributed by atoms with Gasteiger partial charge in [-0.25, -0.2) is 4.79 Å². The second-order valence-electron chi connectivity index (χ2n) is 5.73. The summed E-state index contributed by atoms with van der Waals surface area (Å²) in [6.07, 6.45) is 2.64. The Labute approximate surface area is 158 Å². The maximum atomic E-state index is 11.9. The fraction of sp³-hybridized carbons (Fsp3) is 0.222. The van der Waals surface area contributed by atoms with Gasteiger partial charge in [-0.05, 0) is 31.2 Å². The Hall–Kier alpha value is -3.82. The topological polar surface area (TPSA) is 130 Å². The van der Waals surface area contributed by atoms with E-state index < -0.39 is 22.9 Å². The first-order valence-corrected chi connectivity index (χ1v) is 8.21. The molecule has 28 heavy (non-hydrogen) atoms. The largest absolute Gasteiger partial charge is 0.467 e. The minimum atomic E-state index is -1.06. The third kappa shape index (κ3) is 4.47. The Morgan fingerprint density at radius 2 is 2.11 bits per heavy atom. The molecule has 146 valence electrons. The van der Waals surface area contributed by atoms with Crippen molar-refractivity contribution in [1.82, 2.24) is 5.32 Å². The third-order valence-corrected chi connectivity index (χ3v) is 3.80. The molecular weight excluding hydrogens is 372 g/mol. The van der Waals surface area contributed by atoms with Crippen molar-refractivity contribution in [2.45, 2.75) is 19.6 Å². The molecule has 0 saturated carbocycles. The van der Waals surface area contributed by atoms with Crippen LogP contribution in [-0.4, -0.2) is 29.7 Å². The minimum absolute atomic E-state index is 0.0354. The standard InChI is InChI=1S/C18H16N2O8/c1-11(18(22)19-9-13-3-2-6-25-13)28-17(21)5-4-12-7-15-16(27-10-26-15)8-14(12)20(23)24/h2-8,11H,9-10H2,1H3,(H,19,22)/b5-4+/t11-/m1/s1. The van der Waals surface area contributed by atoms with E-state index in [9.17, 15) is 19.7 Å². The molecular formula is C18H16N2O8. The summed E-state index contributed by atoms with van der Waals surface area (Å²) in [5.41, 5.74) is -0.112. The summed E-state index contributed by atoms with van der Waals surface area (Å²) in [4.78, 5) is 34.5. The van der Waals surface area contributed by atoms with Gasteiger partial charge in [0.05, 0.1) is 29.4 Å². The lowest BCUT2D eigenvalue weighted by Crippen LogP contribution is -2.35. The van der Waals surface area contributed by atoms with Gasteiger partial charge in [0.25, 0.3) is 11.6 Å². The van der Waals surface area contributed by atoms with Crippen LogP contribution in [0.5, 0.6) is 11.5 Å². The lowest BCUT2D eigenvalue weighted by Gasteiger charge is -2.11. The van der Waals surface area contributed by atoms with Gasteiger partial charge in [-0.1, -0.05) is 0 Å². The highest BCUT2D eigenvalue weighted by molar-refractivity contribution is 5.91. The normalized spacial score (nSPS) is 13.3. The van der Waals surface area contributed by atoms with Crippen molar-refractivity contribution < 1.29 is 33.1 Å². The first-order valence-electron chi connectivity index (χ1n) is 8.21. The molecule has 1 aliphatic heterocycles. The van der Waals surface area contributed by atoms with E-state index in [1.165, 1.54) is 31.4 Å². The number of furan rings is 1. The van der Waals surface area contributed by atoms with Crippen LogP contribution in [0.3, 0.4) is 0 Å². The number of hydrogen-bond donors (Lipinski definition) is 1. The molecule has 0 radical (unpaired) electrons. The van der Waals surface area contributed by atoms with Crippen LogP contribution in [0.15, 0.2) is 41.0 Å². The molecule has 10 nitrogen and oxygen atoms in total. The van der Waals surface area contributed by atoms with Crippen molar-refractivity contribution in [1.29, 1.82) is 0 Å². The first-order chi connectivity index (χ1) is 13.4. The molecule has 1 aromatic heterocycles. The molecule has 0 fully saturated rings. The summed E-state index contributed by atoms with van der Waals surface area (Å²) in [5, 5.41) is 13.8. The van der Waals surface area contributed by atoms with Gasteiger partial charge in [-0.2, -0.15) is 0 Å². The predicted molar refractivity (Wildman–Crippen MR) is 94.4 cm³/mol. The van der Waals surface area contributed by atoms with Gasteiger partial charge in [0.2, 0.25) is 6.79 Å². The van der Waals surface area contributed by atoms with Crippen LogP contribution < -0.4 is 14.8 Å². The fourth-order valence-corrected chi connectivity index (χ4v) is 2.39. The second-order valence-corrected chi connectivity index (χ2v) is 5.73. The van der Waals surface area contributed by atoms with E-state index in [0.717, 1.165) is 6.08 Å². The van der Waals surface area contributed by atoms with E-state index in [1.54, 1.807) is 12.1 Å². The Morgan fingerprint density at radius 1 is 1.36 bits per heavy atom. The molecule has 0 unspecified atom stereocenters. The highest BCUT2D eigenvalue weighted by atomic mass is 16.7. The number of esters is 1. The van der Waals surface area contributed by atoms with Gasteiger partial charge < -0.3 is 23.9 Å². The Bertz CT molecular complexity index is 920. The maximum absolute atomic E-state index is 11.9. The molecule has 0 spiro atoms. The molecule has 0 aliphatic carbocycles. The second kappa shape index (κ2) is 8.25. The molecule has 2 heterocycles. The van der Waals surface area contributed by atoms with Gasteiger partial charge in [-0.3, -0.25) is 14.9 Å². The monoisotopic (exact) mass is 388 g/mol. The number of nitro benzene ring substituents is 1. The van der Waals surface area contributed by atoms with E-state index >= 15 is 0 Å². The number of carbonyl (C=O) groups is 2. The number of benzene rings is 1. The van der Waals surface area contributed by atoms with Crippen LogP contribution in [0.1, 0.15) is 18.2 Å². The molecule has 3 rings (SSSR count). The van der Waals surface area contributed by atoms with Crippen molar-refractivity contribution in [3.8, 4) is 11.5 Å². The number of fused-ring (bicyclic) bond motifs is 1. The van der Waals surface area contributed by atoms with E-state index in [1.807, 2.05) is 0 Å². The molecule has 0 saturated heterocycles. The zero-order valence-electron chi connectivity index (χ0n) is 14.7. The Kier molecular flexibility index (Phi) is 5.58. The van der Waals surface area contributed by atoms with Gasteiger partial charge in [0.15, 0.2) is 17.6 Å². The van der Waals surface area contributed by atoms with E-state index in [4.69, 9.17) is 18.6 Å². The molecule has 0 bridgehead atoms. The van der Waals surface area contributed by atoms with Crippen LogP contribution in [0.2, 0.25) is 0 Å². The quantitative estimate of drug-likeness (QED) is 0.331. The smallest absolute Gasteiger partial charge is 0.331 e. The average molecular weight is 388 g/mol. The number of nitrogens with zero attached hydrogens (tertiary/aromatic N) is 1. The van der Waals surface area contributed by atoms with Crippen molar-refractivity contribution in [2.24, 2.45) is 0 Å². The molecule has 1 aliphatic rings. The van der Waals surface area contributed by atoms with Crippen LogP contribution in [-0.2, 0) is 20.9 Å². The van der Waals surface area contributed by atoms with Crippen LogP contribution in [0, 0.1) is 10.1 Å². The summed E-state index contributed by atoms with van der Waals surface area (Å²) < 4.78 is 20.4. The van der Waals surface area contributed by atoms with Gasteiger partial charge >= 0.3 is 5.97 Å². The summed E-state index contributed by atoms with van der Waals surface area (Å²) in [6.45, 7) is 1.53. The minimum Gasteiger partial charge on any atom is -0.467 e. The number of carbonyl (C=O) groups excluding carboxylic acids is 2. The molecule has 1 N–H and O–H groups in total. The van der Waals surface area contributed by atoms with E-state index in [-0.39, 0.29) is 30.3 Å². The zero-order valence-corrected chi connectivity index (χ0v) is 14.7. The average Bonchev–Trinajstić information content (AvgIpc) is 3.34. The predicted octanol–water partition coefficient (Wildman–Crippen LogP) is 2.18. The highest BCUT2D eigenvalue weighted by Crippen LogP contribution is 2.38. The van der Waals surface area contributed by atoms with Crippen LogP contribution in [0.4, 0.5) is 5.69 Å². The SMILES string of the molecule is C[C@@H](OC(=O)/C=C/c1cc2c(cc1[N+](=O)[O-])OCO2)C(=O)NCc1ccco1. The maximum Gasteiger partial charge on any atom is 0.331 e. The van der Waals surface area contributed by atoms with Crippen molar-refractivity contribution in [3.63, 3.8) is 0 Å². The number of nitrogens with one attached hydrogen (secondary N) is 1. The number of rotatable bonds is 7. The summed E-state index contributed by atoms with van der Waals surface area (Å²) >= 11 is 0. The number of ether oxygens (including phenoxy) is 3. The molecule has 1 aromatic carbocycles. The van der Waals surface area contributed by atoms with Crippen LogP contribution >= 0.6 is 0 Å². The van der Waals surface area contributed by atoms with Gasteiger partial charge in [-0.15, -0.1) is 0 Å². The molecule has 1 atom stereocenters. The van der Waals surface area contributed by atoms with Gasteiger partial charge in [0.1, 0.15) is 5.76 Å². The number of hydrogen-bond acceptors (Lipinski definition) is 8. The van der Waals surface area contributed by atoms with Gasteiger partial charge in [0, 0.05) is 6.08 Å². The molecule has 2 aromatic rings. The number of nitro groups is 1. The fourth-order valence-electron chi connectivity index (χ4n) is 2.39. The van der Waals surface area contributed by atoms with E-state index in [0.29, 0.717) is 11.5 Å². The van der Waals surface area contributed by atoms with Crippen molar-refractivity contribution >= 4 is 23.6 Å². The molecule has 10 heteroatoms. The Balaban J connectivity index is 1.60. The Morgan fingerprint density at radius 3 is 2.79 bits per heavy atom. The lowest BCUT2D eigenvalue weighted by molar-refractivity contribution is -0.385. The summed E-state index contributed by atoms with van der Waals surface area (Å²) in [6, 6.07) is 5.99. The third-order valence-electron chi connectivity index (χ3n) is 3.80. The lowest BCUT2D eigenvalue weighted by atomic mass is 10.1. The van der Waals surface area contributed by atoms with Crippen molar-refractivity contribution in [2.75, 3.05) is 6.79 Å². The molecule has 1 amide bonds. The zero-order chi connectivity index (χ0) is 20.1. The highest BCUT2D eigenvalue weighted by Gasteiger charge is 2.22. The summed E-state index contributed by atoms with van der Waals surface area (Å²) in [5.74, 6) is -0.181. The van der Waals surface area contributed by atoms with Crippen LogP contribution in [0.25, 0.3) is 6.08 Å². The number of amides is 1. The summed E-state index contributed by atoms with van der Waals surface area (Å²) in [7, 11) is 0. The first kappa shape index (κ1) is 19.0. The van der Waals surface area contributed by atoms with E-state index in [2.05, 4.69) is 5.32 Å².